The molecule has 0 saturated heterocycles. The van der Waals surface area contributed by atoms with Crippen LogP contribution < -0.4 is 5.32 Å². The Balaban J connectivity index is 0.00000180. The number of aromatic amines is 1. The monoisotopic (exact) mass is 278 g/mol. The molecule has 0 aliphatic heterocycles. The predicted molar refractivity (Wildman–Crippen MR) is 86.4 cm³/mol. The lowest BCUT2D eigenvalue weighted by atomic mass is 9.86. The van der Waals surface area contributed by atoms with E-state index < -0.39 is 0 Å². The Morgan fingerprint density at radius 3 is 2.63 bits per heavy atom. The molecule has 1 heterocycles. The number of fused-ring (bicyclic) bond motifs is 1. The standard InChI is InChI=1S/C16H22N2.ClH/c1-5-16(2,3)15-13(10-11-17-4)12-8-6-7-9-14(12)18-15;/h5-9,17-18H,1,10-11H2,2-4H3;1H. The first-order valence-corrected chi connectivity index (χ1v) is 6.48. The van der Waals surface area contributed by atoms with Crippen LogP contribution in [-0.4, -0.2) is 18.6 Å². The molecular weight excluding hydrogens is 256 g/mol. The van der Waals surface area contributed by atoms with Gasteiger partial charge in [-0.2, -0.15) is 0 Å². The van der Waals surface area contributed by atoms with Crippen molar-refractivity contribution in [3.8, 4) is 0 Å². The van der Waals surface area contributed by atoms with Crippen LogP contribution in [0, 0.1) is 0 Å². The van der Waals surface area contributed by atoms with E-state index in [0.717, 1.165) is 13.0 Å². The molecule has 0 aliphatic rings. The quantitative estimate of drug-likeness (QED) is 0.800. The van der Waals surface area contributed by atoms with Gasteiger partial charge in [0.15, 0.2) is 0 Å². The molecule has 0 aliphatic carbocycles. The first kappa shape index (κ1) is 15.8. The molecular formula is C16H23ClN2. The second-order valence-corrected chi connectivity index (χ2v) is 5.30. The van der Waals surface area contributed by atoms with Gasteiger partial charge in [-0.3, -0.25) is 0 Å². The van der Waals surface area contributed by atoms with Crippen LogP contribution in [0.5, 0.6) is 0 Å². The van der Waals surface area contributed by atoms with Crippen molar-refractivity contribution < 1.29 is 0 Å². The Morgan fingerprint density at radius 2 is 2.00 bits per heavy atom. The summed E-state index contributed by atoms with van der Waals surface area (Å²) in [5, 5.41) is 4.56. The van der Waals surface area contributed by atoms with Crippen molar-refractivity contribution in [2.24, 2.45) is 0 Å². The van der Waals surface area contributed by atoms with Gasteiger partial charge in [-0.25, -0.2) is 0 Å². The topological polar surface area (TPSA) is 27.8 Å². The van der Waals surface area contributed by atoms with E-state index in [1.807, 2.05) is 13.1 Å². The van der Waals surface area contributed by atoms with Crippen LogP contribution in [0.1, 0.15) is 25.1 Å². The van der Waals surface area contributed by atoms with Gasteiger partial charge in [0, 0.05) is 22.0 Å². The summed E-state index contributed by atoms with van der Waals surface area (Å²) in [5.41, 5.74) is 3.88. The number of benzene rings is 1. The average molecular weight is 279 g/mol. The van der Waals surface area contributed by atoms with Crippen molar-refractivity contribution in [2.75, 3.05) is 13.6 Å². The number of hydrogen-bond donors (Lipinski definition) is 2. The number of aromatic nitrogens is 1. The maximum atomic E-state index is 3.96. The van der Waals surface area contributed by atoms with Gasteiger partial charge in [0.2, 0.25) is 0 Å². The molecule has 2 aromatic rings. The lowest BCUT2D eigenvalue weighted by Crippen LogP contribution is -2.18. The predicted octanol–water partition coefficient (Wildman–Crippen LogP) is 3.82. The number of allylic oxidation sites excluding steroid dienone is 1. The molecule has 3 heteroatoms. The van der Waals surface area contributed by atoms with E-state index in [1.165, 1.54) is 22.2 Å². The summed E-state index contributed by atoms with van der Waals surface area (Å²) in [7, 11) is 1.99. The Bertz CT molecular complexity index is 555. The molecule has 0 bridgehead atoms. The zero-order valence-electron chi connectivity index (χ0n) is 11.9. The Labute approximate surface area is 121 Å². The van der Waals surface area contributed by atoms with Gasteiger partial charge in [0.1, 0.15) is 0 Å². The summed E-state index contributed by atoms with van der Waals surface area (Å²) in [5.74, 6) is 0. The van der Waals surface area contributed by atoms with Crippen molar-refractivity contribution in [3.05, 3.63) is 48.2 Å². The van der Waals surface area contributed by atoms with Gasteiger partial charge < -0.3 is 10.3 Å². The van der Waals surface area contributed by atoms with E-state index in [0.29, 0.717) is 0 Å². The highest BCUT2D eigenvalue weighted by molar-refractivity contribution is 5.85. The average Bonchev–Trinajstić information content (AvgIpc) is 2.76. The Morgan fingerprint density at radius 1 is 1.32 bits per heavy atom. The van der Waals surface area contributed by atoms with Crippen LogP contribution in [0.3, 0.4) is 0 Å². The highest BCUT2D eigenvalue weighted by Crippen LogP contribution is 2.32. The fourth-order valence-electron chi connectivity index (χ4n) is 2.36. The van der Waals surface area contributed by atoms with Gasteiger partial charge in [0.05, 0.1) is 0 Å². The van der Waals surface area contributed by atoms with Crippen molar-refractivity contribution in [1.29, 1.82) is 0 Å². The summed E-state index contributed by atoms with van der Waals surface area (Å²) in [6.45, 7) is 9.36. The zero-order chi connectivity index (χ0) is 13.2. The smallest absolute Gasteiger partial charge is 0.0459 e. The van der Waals surface area contributed by atoms with E-state index in [1.54, 1.807) is 0 Å². The second-order valence-electron chi connectivity index (χ2n) is 5.30. The lowest BCUT2D eigenvalue weighted by Gasteiger charge is -2.20. The summed E-state index contributed by atoms with van der Waals surface area (Å²) in [6, 6.07) is 8.51. The Hall–Kier alpha value is -1.25. The SMILES string of the molecule is C=CC(C)(C)c1[nH]c2ccccc2c1CCNC.Cl. The molecule has 2 N–H and O–H groups in total. The fraction of sp³-hybridized carbons (Fsp3) is 0.375. The highest BCUT2D eigenvalue weighted by atomic mass is 35.5. The maximum Gasteiger partial charge on any atom is 0.0459 e. The van der Waals surface area contributed by atoms with Gasteiger partial charge >= 0.3 is 0 Å². The summed E-state index contributed by atoms with van der Waals surface area (Å²) >= 11 is 0. The minimum Gasteiger partial charge on any atom is -0.357 e. The molecule has 0 amide bonds. The molecule has 1 aromatic carbocycles. The molecule has 0 radical (unpaired) electrons. The third kappa shape index (κ3) is 3.02. The van der Waals surface area contributed by atoms with E-state index in [2.05, 4.69) is 55.0 Å². The molecule has 2 nitrogen and oxygen atoms in total. The van der Waals surface area contributed by atoms with Gasteiger partial charge in [-0.15, -0.1) is 19.0 Å². The van der Waals surface area contributed by atoms with Gasteiger partial charge in [-0.05, 0) is 31.6 Å². The van der Waals surface area contributed by atoms with Crippen LogP contribution in [0.25, 0.3) is 10.9 Å². The summed E-state index contributed by atoms with van der Waals surface area (Å²) in [6.07, 6.45) is 3.05. The number of para-hydroxylation sites is 1. The molecule has 0 saturated carbocycles. The third-order valence-electron chi connectivity index (χ3n) is 3.59. The molecule has 0 spiro atoms. The van der Waals surface area contributed by atoms with E-state index in [4.69, 9.17) is 0 Å². The number of H-pyrrole nitrogens is 1. The Kier molecular flexibility index (Phi) is 5.21. The van der Waals surface area contributed by atoms with E-state index in [9.17, 15) is 0 Å². The molecule has 0 atom stereocenters. The molecule has 2 rings (SSSR count). The first-order valence-electron chi connectivity index (χ1n) is 6.48. The maximum absolute atomic E-state index is 3.96. The molecule has 104 valence electrons. The number of halogens is 1. The number of likely N-dealkylation sites (N-methyl/N-ethyl adjacent to an activating group) is 1. The molecule has 19 heavy (non-hydrogen) atoms. The van der Waals surface area contributed by atoms with E-state index in [-0.39, 0.29) is 17.8 Å². The van der Waals surface area contributed by atoms with Crippen LogP contribution in [-0.2, 0) is 11.8 Å². The first-order chi connectivity index (χ1) is 8.60. The van der Waals surface area contributed by atoms with Crippen LogP contribution in [0.4, 0.5) is 0 Å². The second kappa shape index (κ2) is 6.27. The number of nitrogens with one attached hydrogen (secondary N) is 2. The number of hydrogen-bond acceptors (Lipinski definition) is 1. The van der Waals surface area contributed by atoms with E-state index >= 15 is 0 Å². The summed E-state index contributed by atoms with van der Waals surface area (Å²) in [4.78, 5) is 3.57. The minimum atomic E-state index is -0.0257. The van der Waals surface area contributed by atoms with Crippen molar-refractivity contribution in [2.45, 2.75) is 25.7 Å². The molecule has 0 unspecified atom stereocenters. The van der Waals surface area contributed by atoms with Crippen molar-refractivity contribution >= 4 is 23.3 Å². The largest absolute Gasteiger partial charge is 0.357 e. The summed E-state index contributed by atoms with van der Waals surface area (Å²) < 4.78 is 0. The van der Waals surface area contributed by atoms with Crippen molar-refractivity contribution in [1.82, 2.24) is 10.3 Å². The lowest BCUT2D eigenvalue weighted by molar-refractivity contribution is 0.638. The minimum absolute atomic E-state index is 0. The normalized spacial score (nSPS) is 11.3. The highest BCUT2D eigenvalue weighted by Gasteiger charge is 2.23. The zero-order valence-corrected chi connectivity index (χ0v) is 12.7. The molecule has 1 aromatic heterocycles. The van der Waals surface area contributed by atoms with Crippen LogP contribution >= 0.6 is 12.4 Å². The van der Waals surface area contributed by atoms with Crippen molar-refractivity contribution in [3.63, 3.8) is 0 Å². The third-order valence-corrected chi connectivity index (χ3v) is 3.59. The fourth-order valence-corrected chi connectivity index (χ4v) is 2.36. The van der Waals surface area contributed by atoms with Gasteiger partial charge in [-0.1, -0.05) is 38.1 Å². The van der Waals surface area contributed by atoms with Gasteiger partial charge in [0.25, 0.3) is 0 Å². The number of rotatable bonds is 5. The van der Waals surface area contributed by atoms with Crippen LogP contribution in [0.15, 0.2) is 36.9 Å². The molecule has 0 fully saturated rings. The van der Waals surface area contributed by atoms with Crippen LogP contribution in [0.2, 0.25) is 0 Å².